The first kappa shape index (κ1) is 15.1. The van der Waals surface area contributed by atoms with E-state index in [4.69, 9.17) is 9.47 Å². The summed E-state index contributed by atoms with van der Waals surface area (Å²) in [6.45, 7) is 1.71. The van der Waals surface area contributed by atoms with Gasteiger partial charge in [-0.1, -0.05) is 18.6 Å². The quantitative estimate of drug-likeness (QED) is 0.867. The molecule has 0 saturated heterocycles. The first-order valence-electron chi connectivity index (χ1n) is 7.22. The van der Waals surface area contributed by atoms with E-state index in [1.165, 1.54) is 0 Å². The van der Waals surface area contributed by atoms with Gasteiger partial charge in [-0.2, -0.15) is 0 Å². The second-order valence-electron chi connectivity index (χ2n) is 5.61. The minimum absolute atomic E-state index is 0.135. The highest BCUT2D eigenvalue weighted by Gasteiger charge is 2.26. The third-order valence-electron chi connectivity index (χ3n) is 4.09. The Bertz CT molecular complexity index is 436. The lowest BCUT2D eigenvalue weighted by molar-refractivity contribution is 0.107. The van der Waals surface area contributed by atoms with Gasteiger partial charge in [0.1, 0.15) is 0 Å². The van der Waals surface area contributed by atoms with E-state index < -0.39 is 0 Å². The van der Waals surface area contributed by atoms with Crippen LogP contribution in [0, 0.1) is 5.92 Å². The van der Waals surface area contributed by atoms with Crippen LogP contribution >= 0.6 is 0 Å². The molecule has 2 unspecified atom stereocenters. The smallest absolute Gasteiger partial charge is 0.165 e. The highest BCUT2D eigenvalue weighted by atomic mass is 16.5. The zero-order valence-electron chi connectivity index (χ0n) is 12.6. The monoisotopic (exact) mass is 279 g/mol. The number of rotatable bonds is 6. The van der Waals surface area contributed by atoms with Gasteiger partial charge < -0.3 is 19.5 Å². The molecule has 2 atom stereocenters. The lowest BCUT2D eigenvalue weighted by atomic mass is 10.1. The first-order valence-corrected chi connectivity index (χ1v) is 7.22. The first-order chi connectivity index (χ1) is 9.65. The Morgan fingerprint density at radius 3 is 2.65 bits per heavy atom. The molecule has 1 aromatic carbocycles. The van der Waals surface area contributed by atoms with Crippen molar-refractivity contribution < 1.29 is 14.6 Å². The molecule has 20 heavy (non-hydrogen) atoms. The van der Waals surface area contributed by atoms with Gasteiger partial charge in [-0.05, 0) is 31.9 Å². The van der Waals surface area contributed by atoms with Gasteiger partial charge in [-0.3, -0.25) is 0 Å². The van der Waals surface area contributed by atoms with Crippen LogP contribution in [0.2, 0.25) is 0 Å². The van der Waals surface area contributed by atoms with E-state index in [0.29, 0.717) is 5.92 Å². The SMILES string of the molecule is COc1cccc(CN(C)CC2CCCC2O)c1OC. The molecule has 4 heteroatoms. The minimum atomic E-state index is -0.135. The van der Waals surface area contributed by atoms with E-state index in [-0.39, 0.29) is 6.10 Å². The number of nitrogens with zero attached hydrogens (tertiary/aromatic N) is 1. The molecule has 1 aliphatic rings. The van der Waals surface area contributed by atoms with Gasteiger partial charge in [-0.25, -0.2) is 0 Å². The summed E-state index contributed by atoms with van der Waals surface area (Å²) in [4.78, 5) is 2.25. The predicted molar refractivity (Wildman–Crippen MR) is 79.2 cm³/mol. The molecule has 0 aromatic heterocycles. The van der Waals surface area contributed by atoms with Crippen molar-refractivity contribution in [2.24, 2.45) is 5.92 Å². The molecular weight excluding hydrogens is 254 g/mol. The van der Waals surface area contributed by atoms with Gasteiger partial charge in [0, 0.05) is 18.7 Å². The Balaban J connectivity index is 2.02. The Kier molecular flexibility index (Phi) is 5.26. The van der Waals surface area contributed by atoms with E-state index in [1.807, 2.05) is 12.1 Å². The summed E-state index contributed by atoms with van der Waals surface area (Å²) in [5.41, 5.74) is 1.11. The van der Waals surface area contributed by atoms with Gasteiger partial charge >= 0.3 is 0 Å². The lowest BCUT2D eigenvalue weighted by Crippen LogP contribution is -2.29. The second-order valence-corrected chi connectivity index (χ2v) is 5.61. The van der Waals surface area contributed by atoms with Crippen LogP contribution in [0.25, 0.3) is 0 Å². The van der Waals surface area contributed by atoms with E-state index >= 15 is 0 Å². The van der Waals surface area contributed by atoms with E-state index in [2.05, 4.69) is 18.0 Å². The Morgan fingerprint density at radius 1 is 1.25 bits per heavy atom. The Morgan fingerprint density at radius 2 is 2.05 bits per heavy atom. The maximum absolute atomic E-state index is 9.92. The summed E-state index contributed by atoms with van der Waals surface area (Å²) in [6, 6.07) is 5.95. The zero-order valence-corrected chi connectivity index (χ0v) is 12.6. The van der Waals surface area contributed by atoms with Gasteiger partial charge in [0.2, 0.25) is 0 Å². The average Bonchev–Trinajstić information content (AvgIpc) is 2.83. The highest BCUT2D eigenvalue weighted by Crippen LogP contribution is 2.32. The molecule has 4 nitrogen and oxygen atoms in total. The summed E-state index contributed by atoms with van der Waals surface area (Å²) in [6.07, 6.45) is 3.08. The van der Waals surface area contributed by atoms with E-state index in [9.17, 15) is 5.11 Å². The summed E-state index contributed by atoms with van der Waals surface area (Å²) >= 11 is 0. The third-order valence-corrected chi connectivity index (χ3v) is 4.09. The number of aliphatic hydroxyl groups is 1. The molecular formula is C16H25NO3. The molecule has 1 saturated carbocycles. The molecule has 0 bridgehead atoms. The standard InChI is InChI=1S/C16H25NO3/c1-17(10-12-6-4-8-14(12)18)11-13-7-5-9-15(19-2)16(13)20-3/h5,7,9,12,14,18H,4,6,8,10-11H2,1-3H3. The van der Waals surface area contributed by atoms with Crippen LogP contribution < -0.4 is 9.47 Å². The average molecular weight is 279 g/mol. The Hall–Kier alpha value is -1.26. The molecule has 0 spiro atoms. The molecule has 2 rings (SSSR count). The van der Waals surface area contributed by atoms with Gasteiger partial charge in [0.25, 0.3) is 0 Å². The molecule has 1 aliphatic carbocycles. The normalized spacial score (nSPS) is 22.2. The summed E-state index contributed by atoms with van der Waals surface area (Å²) in [7, 11) is 5.41. The number of para-hydroxylation sites is 1. The minimum Gasteiger partial charge on any atom is -0.493 e. The van der Waals surface area contributed by atoms with Crippen LogP contribution in [0.15, 0.2) is 18.2 Å². The van der Waals surface area contributed by atoms with Gasteiger partial charge in [0.05, 0.1) is 20.3 Å². The number of ether oxygens (including phenoxy) is 2. The Labute approximate surface area is 121 Å². The van der Waals surface area contributed by atoms with Crippen LogP contribution in [-0.2, 0) is 6.54 Å². The number of hydrogen-bond acceptors (Lipinski definition) is 4. The predicted octanol–water partition coefficient (Wildman–Crippen LogP) is 2.30. The van der Waals surface area contributed by atoms with Crippen molar-refractivity contribution in [1.29, 1.82) is 0 Å². The molecule has 0 aliphatic heterocycles. The molecule has 0 heterocycles. The molecule has 0 amide bonds. The van der Waals surface area contributed by atoms with Crippen molar-refractivity contribution in [1.82, 2.24) is 4.90 Å². The fourth-order valence-electron chi connectivity index (χ4n) is 3.06. The van der Waals surface area contributed by atoms with Crippen molar-refractivity contribution in [2.75, 3.05) is 27.8 Å². The number of aliphatic hydroxyl groups excluding tert-OH is 1. The number of benzene rings is 1. The second kappa shape index (κ2) is 6.95. The lowest BCUT2D eigenvalue weighted by Gasteiger charge is -2.24. The van der Waals surface area contributed by atoms with Crippen molar-refractivity contribution in [3.05, 3.63) is 23.8 Å². The topological polar surface area (TPSA) is 41.9 Å². The molecule has 1 aromatic rings. The number of methoxy groups -OCH3 is 2. The van der Waals surface area contributed by atoms with E-state index in [0.717, 1.165) is 49.4 Å². The highest BCUT2D eigenvalue weighted by molar-refractivity contribution is 5.46. The van der Waals surface area contributed by atoms with Gasteiger partial charge in [-0.15, -0.1) is 0 Å². The van der Waals surface area contributed by atoms with Crippen LogP contribution in [0.1, 0.15) is 24.8 Å². The largest absolute Gasteiger partial charge is 0.493 e. The molecule has 112 valence electrons. The molecule has 1 fully saturated rings. The fraction of sp³-hybridized carbons (Fsp3) is 0.625. The maximum Gasteiger partial charge on any atom is 0.165 e. The van der Waals surface area contributed by atoms with E-state index in [1.54, 1.807) is 14.2 Å². The summed E-state index contributed by atoms with van der Waals surface area (Å²) in [5.74, 6) is 1.96. The van der Waals surface area contributed by atoms with Crippen molar-refractivity contribution in [3.8, 4) is 11.5 Å². The summed E-state index contributed by atoms with van der Waals surface area (Å²) in [5, 5.41) is 9.92. The van der Waals surface area contributed by atoms with Gasteiger partial charge in [0.15, 0.2) is 11.5 Å². The van der Waals surface area contributed by atoms with Crippen LogP contribution in [0.3, 0.4) is 0 Å². The summed E-state index contributed by atoms with van der Waals surface area (Å²) < 4.78 is 10.8. The zero-order chi connectivity index (χ0) is 14.5. The fourth-order valence-corrected chi connectivity index (χ4v) is 3.06. The number of hydrogen-bond donors (Lipinski definition) is 1. The van der Waals surface area contributed by atoms with Crippen molar-refractivity contribution in [2.45, 2.75) is 31.9 Å². The molecule has 0 radical (unpaired) electrons. The van der Waals surface area contributed by atoms with Crippen LogP contribution in [0.5, 0.6) is 11.5 Å². The van der Waals surface area contributed by atoms with Crippen LogP contribution in [0.4, 0.5) is 0 Å². The van der Waals surface area contributed by atoms with Crippen molar-refractivity contribution >= 4 is 0 Å². The third kappa shape index (κ3) is 3.44. The van der Waals surface area contributed by atoms with Crippen molar-refractivity contribution in [3.63, 3.8) is 0 Å². The van der Waals surface area contributed by atoms with Crippen LogP contribution in [-0.4, -0.2) is 43.9 Å². The molecule has 1 N–H and O–H groups in total. The maximum atomic E-state index is 9.92.